The van der Waals surface area contributed by atoms with Crippen LogP contribution < -0.4 is 5.32 Å². The van der Waals surface area contributed by atoms with Gasteiger partial charge in [-0.1, -0.05) is 0 Å². The van der Waals surface area contributed by atoms with E-state index >= 15 is 0 Å². The van der Waals surface area contributed by atoms with Crippen molar-refractivity contribution in [3.63, 3.8) is 0 Å². The highest BCUT2D eigenvalue weighted by Crippen LogP contribution is 2.30. The molecule has 2 fully saturated rings. The molecule has 1 saturated carbocycles. The first-order valence-corrected chi connectivity index (χ1v) is 7.24. The molecule has 0 amide bonds. The average molecular weight is 228 g/mol. The van der Waals surface area contributed by atoms with Crippen LogP contribution in [0.4, 0.5) is 0 Å². The molecule has 4 nitrogen and oxygen atoms in total. The van der Waals surface area contributed by atoms with Crippen molar-refractivity contribution >= 4 is 9.84 Å². The van der Waals surface area contributed by atoms with Crippen molar-refractivity contribution in [1.82, 2.24) is 5.32 Å². The molecule has 1 unspecified atom stereocenters. The minimum atomic E-state index is -3.01. The second-order valence-corrected chi connectivity index (χ2v) is 6.90. The van der Waals surface area contributed by atoms with Crippen molar-refractivity contribution in [3.05, 3.63) is 0 Å². The summed E-state index contributed by atoms with van der Waals surface area (Å²) < 4.78 is 23.0. The standard InChI is InChI=1S/C10H16N2O2S/c11-7-10(12-6-9-2-3-9)4-1-5-15(13,14)8-10/h9,12H,1-6,8H2. The van der Waals surface area contributed by atoms with Crippen LogP contribution in [0, 0.1) is 17.2 Å². The molecular weight excluding hydrogens is 212 g/mol. The van der Waals surface area contributed by atoms with E-state index in [4.69, 9.17) is 5.26 Å². The third-order valence-electron chi connectivity index (χ3n) is 3.17. The molecule has 0 aromatic carbocycles. The highest BCUT2D eigenvalue weighted by atomic mass is 32.2. The van der Waals surface area contributed by atoms with Gasteiger partial charge in [-0.05, 0) is 38.1 Å². The zero-order valence-electron chi connectivity index (χ0n) is 8.70. The molecule has 1 aliphatic heterocycles. The maximum atomic E-state index is 11.5. The van der Waals surface area contributed by atoms with E-state index < -0.39 is 15.4 Å². The topological polar surface area (TPSA) is 70.0 Å². The van der Waals surface area contributed by atoms with Gasteiger partial charge in [-0.25, -0.2) is 8.42 Å². The molecule has 0 radical (unpaired) electrons. The van der Waals surface area contributed by atoms with Crippen LogP contribution in [0.5, 0.6) is 0 Å². The van der Waals surface area contributed by atoms with Gasteiger partial charge in [0.1, 0.15) is 5.54 Å². The highest BCUT2D eigenvalue weighted by molar-refractivity contribution is 7.91. The van der Waals surface area contributed by atoms with E-state index in [1.807, 2.05) is 0 Å². The van der Waals surface area contributed by atoms with Crippen LogP contribution in [-0.4, -0.2) is 32.0 Å². The molecule has 5 heteroatoms. The number of nitrogens with zero attached hydrogens (tertiary/aromatic N) is 1. The van der Waals surface area contributed by atoms with E-state index in [0.29, 0.717) is 18.8 Å². The van der Waals surface area contributed by atoms with Crippen LogP contribution in [0.25, 0.3) is 0 Å². The molecule has 0 aromatic rings. The summed E-state index contributed by atoms with van der Waals surface area (Å²) in [5, 5.41) is 12.3. The molecule has 1 aliphatic carbocycles. The summed E-state index contributed by atoms with van der Waals surface area (Å²) in [6, 6.07) is 2.17. The Morgan fingerprint density at radius 3 is 2.73 bits per heavy atom. The average Bonchev–Trinajstić information content (AvgIpc) is 2.97. The first kappa shape index (κ1) is 10.9. The van der Waals surface area contributed by atoms with Gasteiger partial charge in [-0.15, -0.1) is 0 Å². The summed E-state index contributed by atoms with van der Waals surface area (Å²) in [6.07, 6.45) is 3.69. The Morgan fingerprint density at radius 2 is 2.20 bits per heavy atom. The zero-order chi connectivity index (χ0) is 10.9. The van der Waals surface area contributed by atoms with Gasteiger partial charge in [-0.2, -0.15) is 5.26 Å². The number of nitrogens with one attached hydrogen (secondary N) is 1. The third-order valence-corrected chi connectivity index (χ3v) is 5.01. The maximum absolute atomic E-state index is 11.5. The van der Waals surface area contributed by atoms with Crippen molar-refractivity contribution in [2.75, 3.05) is 18.1 Å². The summed E-state index contributed by atoms with van der Waals surface area (Å²) in [4.78, 5) is 0. The summed E-state index contributed by atoms with van der Waals surface area (Å²) in [7, 11) is -3.01. The fourth-order valence-electron chi connectivity index (χ4n) is 2.04. The van der Waals surface area contributed by atoms with Gasteiger partial charge < -0.3 is 0 Å². The van der Waals surface area contributed by atoms with Crippen molar-refractivity contribution in [2.24, 2.45) is 5.92 Å². The van der Waals surface area contributed by atoms with Gasteiger partial charge >= 0.3 is 0 Å². The molecular formula is C10H16N2O2S. The monoisotopic (exact) mass is 228 g/mol. The van der Waals surface area contributed by atoms with Crippen LogP contribution in [0.3, 0.4) is 0 Å². The molecule has 84 valence electrons. The van der Waals surface area contributed by atoms with Crippen LogP contribution in [-0.2, 0) is 9.84 Å². The number of hydrogen-bond donors (Lipinski definition) is 1. The Balaban J connectivity index is 2.03. The van der Waals surface area contributed by atoms with E-state index in [1.54, 1.807) is 0 Å². The maximum Gasteiger partial charge on any atom is 0.153 e. The van der Waals surface area contributed by atoms with Crippen molar-refractivity contribution < 1.29 is 8.42 Å². The molecule has 0 aromatic heterocycles. The molecule has 2 rings (SSSR count). The smallest absolute Gasteiger partial charge is 0.153 e. The van der Waals surface area contributed by atoms with Crippen LogP contribution in [0.2, 0.25) is 0 Å². The Kier molecular flexibility index (Phi) is 2.73. The molecule has 2 aliphatic rings. The lowest BCUT2D eigenvalue weighted by molar-refractivity contribution is 0.392. The van der Waals surface area contributed by atoms with Gasteiger partial charge in [-0.3, -0.25) is 5.32 Å². The fraction of sp³-hybridized carbons (Fsp3) is 0.900. The van der Waals surface area contributed by atoms with E-state index in [-0.39, 0.29) is 11.5 Å². The second-order valence-electron chi connectivity index (χ2n) is 4.71. The molecule has 1 atom stereocenters. The fourth-order valence-corrected chi connectivity index (χ4v) is 3.83. The molecule has 15 heavy (non-hydrogen) atoms. The van der Waals surface area contributed by atoms with Gasteiger partial charge in [0, 0.05) is 0 Å². The number of nitriles is 1. The Bertz CT molecular complexity index is 381. The van der Waals surface area contributed by atoms with Crippen molar-refractivity contribution in [2.45, 2.75) is 31.2 Å². The SMILES string of the molecule is N#CC1(NCC2CC2)CCCS(=O)(=O)C1. The van der Waals surface area contributed by atoms with Gasteiger partial charge in [0.15, 0.2) is 9.84 Å². The normalized spacial score (nSPS) is 34.6. The van der Waals surface area contributed by atoms with Gasteiger partial charge in [0.25, 0.3) is 0 Å². The molecule has 0 spiro atoms. The lowest BCUT2D eigenvalue weighted by Crippen LogP contribution is -2.53. The summed E-state index contributed by atoms with van der Waals surface area (Å²) >= 11 is 0. The molecule has 1 heterocycles. The second kappa shape index (κ2) is 3.76. The third kappa shape index (κ3) is 2.70. The number of hydrogen-bond acceptors (Lipinski definition) is 4. The molecule has 1 N–H and O–H groups in total. The zero-order valence-corrected chi connectivity index (χ0v) is 9.52. The van der Waals surface area contributed by atoms with E-state index in [9.17, 15) is 8.42 Å². The van der Waals surface area contributed by atoms with E-state index in [1.165, 1.54) is 12.8 Å². The molecule has 1 saturated heterocycles. The Labute approximate surface area is 90.6 Å². The summed E-state index contributed by atoms with van der Waals surface area (Å²) in [6.45, 7) is 0.795. The quantitative estimate of drug-likeness (QED) is 0.761. The summed E-state index contributed by atoms with van der Waals surface area (Å²) in [5.41, 5.74) is -0.806. The Morgan fingerprint density at radius 1 is 1.47 bits per heavy atom. The van der Waals surface area contributed by atoms with E-state index in [2.05, 4.69) is 11.4 Å². The minimum Gasteiger partial charge on any atom is -0.298 e. The van der Waals surface area contributed by atoms with Crippen LogP contribution in [0.15, 0.2) is 0 Å². The van der Waals surface area contributed by atoms with Crippen molar-refractivity contribution in [3.8, 4) is 6.07 Å². The highest BCUT2D eigenvalue weighted by Gasteiger charge is 2.40. The first-order valence-electron chi connectivity index (χ1n) is 5.42. The largest absolute Gasteiger partial charge is 0.298 e. The lowest BCUT2D eigenvalue weighted by atomic mass is 9.97. The van der Waals surface area contributed by atoms with Crippen molar-refractivity contribution in [1.29, 1.82) is 5.26 Å². The Hall–Kier alpha value is -0.600. The van der Waals surface area contributed by atoms with E-state index in [0.717, 1.165) is 6.54 Å². The summed E-state index contributed by atoms with van der Waals surface area (Å²) in [5.74, 6) is 0.893. The van der Waals surface area contributed by atoms with Crippen LogP contribution >= 0.6 is 0 Å². The first-order chi connectivity index (χ1) is 7.05. The number of sulfone groups is 1. The number of rotatable bonds is 3. The predicted octanol–water partition coefficient (Wildman–Crippen LogP) is 0.457. The van der Waals surface area contributed by atoms with Crippen LogP contribution in [0.1, 0.15) is 25.7 Å². The van der Waals surface area contributed by atoms with Gasteiger partial charge in [0.2, 0.25) is 0 Å². The minimum absolute atomic E-state index is 0.0107. The molecule has 0 bridgehead atoms. The lowest BCUT2D eigenvalue weighted by Gasteiger charge is -2.31. The van der Waals surface area contributed by atoms with Gasteiger partial charge in [0.05, 0.1) is 17.6 Å². The predicted molar refractivity (Wildman–Crippen MR) is 57.0 cm³/mol.